The van der Waals surface area contributed by atoms with E-state index in [1.54, 1.807) is 30.3 Å². The van der Waals surface area contributed by atoms with Crippen LogP contribution in [-0.4, -0.2) is 48.1 Å². The average Bonchev–Trinajstić information content (AvgIpc) is 3.33. The number of hydrogen-bond acceptors (Lipinski definition) is 9. The highest BCUT2D eigenvalue weighted by molar-refractivity contribution is 7.89. The number of nitrogens with zero attached hydrogens (tertiary/aromatic N) is 2. The minimum absolute atomic E-state index is 0.107. The van der Waals surface area contributed by atoms with Crippen molar-refractivity contribution in [1.82, 2.24) is 14.8 Å². The van der Waals surface area contributed by atoms with Crippen LogP contribution in [0.4, 0.5) is 10.5 Å². The van der Waals surface area contributed by atoms with Gasteiger partial charge in [0.2, 0.25) is 10.0 Å². The monoisotopic (exact) mass is 504 g/mol. The second-order valence-corrected chi connectivity index (χ2v) is 9.95. The zero-order valence-corrected chi connectivity index (χ0v) is 19.4. The molecule has 2 amide bonds. The van der Waals surface area contributed by atoms with Gasteiger partial charge in [-0.2, -0.15) is 4.31 Å². The lowest BCUT2D eigenvalue weighted by Crippen LogP contribution is -2.54. The third kappa shape index (κ3) is 4.59. The molecule has 2 heterocycles. The number of hydrogen-bond donors (Lipinski definition) is 3. The second-order valence-electron chi connectivity index (χ2n) is 7.12. The predicted octanol–water partition coefficient (Wildman–Crippen LogP) is 2.52. The molecule has 1 aliphatic heterocycles. The van der Waals surface area contributed by atoms with Crippen molar-refractivity contribution in [1.29, 1.82) is 0 Å². The molecule has 0 spiro atoms. The van der Waals surface area contributed by atoms with Crippen LogP contribution in [0.3, 0.4) is 0 Å². The number of thiazole rings is 1. The Morgan fingerprint density at radius 2 is 1.85 bits per heavy atom. The van der Waals surface area contributed by atoms with E-state index in [0.717, 1.165) is 15.6 Å². The van der Waals surface area contributed by atoms with Crippen molar-refractivity contribution in [2.75, 3.05) is 12.4 Å². The van der Waals surface area contributed by atoms with E-state index in [2.05, 4.69) is 10.3 Å². The van der Waals surface area contributed by atoms with Gasteiger partial charge < -0.3 is 9.47 Å². The summed E-state index contributed by atoms with van der Waals surface area (Å²) in [6.45, 7) is -0.202. The van der Waals surface area contributed by atoms with Crippen LogP contribution in [0.15, 0.2) is 65.0 Å². The van der Waals surface area contributed by atoms with Gasteiger partial charge in [0.25, 0.3) is 5.91 Å². The summed E-state index contributed by atoms with van der Waals surface area (Å²) in [6, 6.07) is 12.4. The molecule has 34 heavy (non-hydrogen) atoms. The lowest BCUT2D eigenvalue weighted by Gasteiger charge is -2.37. The molecule has 3 aromatic rings. The van der Waals surface area contributed by atoms with Crippen molar-refractivity contribution in [3.05, 3.63) is 70.7 Å². The number of benzene rings is 2. The Morgan fingerprint density at radius 1 is 1.15 bits per heavy atom. The number of methoxy groups -OCH3 is 1. The number of amides is 2. The molecule has 13 heteroatoms. The summed E-state index contributed by atoms with van der Waals surface area (Å²) >= 11 is 1.16. The Kier molecular flexibility index (Phi) is 6.79. The number of ether oxygens (including phenoxy) is 2. The summed E-state index contributed by atoms with van der Waals surface area (Å²) in [5.74, 6) is -0.626. The summed E-state index contributed by atoms with van der Waals surface area (Å²) in [6.07, 6.45) is -2.34. The molecule has 1 aromatic heterocycles. The van der Waals surface area contributed by atoms with Crippen LogP contribution in [0.1, 0.15) is 16.7 Å². The van der Waals surface area contributed by atoms with E-state index < -0.39 is 34.2 Å². The average molecular weight is 505 g/mol. The summed E-state index contributed by atoms with van der Waals surface area (Å²) < 4.78 is 38.5. The van der Waals surface area contributed by atoms with E-state index in [1.165, 1.54) is 42.4 Å². The molecule has 0 radical (unpaired) electrons. The topological polar surface area (TPSA) is 147 Å². The molecule has 1 aliphatic rings. The quantitative estimate of drug-likeness (QED) is 0.343. The molecule has 2 unspecified atom stereocenters. The number of para-hydroxylation sites is 1. The molecule has 2 atom stereocenters. The summed E-state index contributed by atoms with van der Waals surface area (Å²) in [4.78, 5) is 29.9. The Hall–Kier alpha value is -3.52. The van der Waals surface area contributed by atoms with Crippen LogP contribution < -0.4 is 15.5 Å². The minimum atomic E-state index is -4.27. The van der Waals surface area contributed by atoms with Crippen LogP contribution >= 0.6 is 11.3 Å². The van der Waals surface area contributed by atoms with Crippen LogP contribution in [0.25, 0.3) is 0 Å². The van der Waals surface area contributed by atoms with Crippen LogP contribution in [0.2, 0.25) is 0 Å². The summed E-state index contributed by atoms with van der Waals surface area (Å²) in [5, 5.41) is 11.9. The third-order valence-electron chi connectivity index (χ3n) is 5.14. The smallest absolute Gasteiger partial charge is 0.412 e. The van der Waals surface area contributed by atoms with E-state index in [4.69, 9.17) is 9.47 Å². The number of sulfonamides is 1. The molecular formula is C21H20N4O7S2. The number of nitrogens with one attached hydrogen (secondary N) is 2. The van der Waals surface area contributed by atoms with Gasteiger partial charge in [-0.15, -0.1) is 11.3 Å². The van der Waals surface area contributed by atoms with Gasteiger partial charge in [0, 0.05) is 10.6 Å². The molecule has 4 rings (SSSR count). The predicted molar refractivity (Wildman–Crippen MR) is 121 cm³/mol. The standard InChI is InChI=1S/C21H20N4O7S2/c1-31-14-7-9-15(10-8-14)34(29,30)25-11-16-17(22-12-33-16)19(18(25)20(26)24-28)32-21(27)23-13-5-3-2-4-6-13/h2-10,12,18-19,28H,11H2,1H3,(H,23,27)(H,24,26). The van der Waals surface area contributed by atoms with Gasteiger partial charge in [0.05, 0.1) is 29.8 Å². The maximum atomic E-state index is 13.5. The SMILES string of the molecule is COc1ccc(S(=O)(=O)N2Cc3scnc3C(OC(=O)Nc3ccccc3)C2C(=O)NO)cc1. The Balaban J connectivity index is 1.71. The number of rotatable bonds is 6. The Morgan fingerprint density at radius 3 is 2.50 bits per heavy atom. The number of hydroxylamine groups is 1. The van der Waals surface area contributed by atoms with E-state index in [0.29, 0.717) is 16.3 Å². The van der Waals surface area contributed by atoms with Crippen LogP contribution in [-0.2, 0) is 26.1 Å². The zero-order valence-electron chi connectivity index (χ0n) is 17.7. The van der Waals surface area contributed by atoms with Crippen molar-refractivity contribution in [3.63, 3.8) is 0 Å². The van der Waals surface area contributed by atoms with Gasteiger partial charge in [-0.05, 0) is 36.4 Å². The molecule has 11 nitrogen and oxygen atoms in total. The normalized spacial score (nSPS) is 17.9. The summed E-state index contributed by atoms with van der Waals surface area (Å²) in [7, 11) is -2.82. The molecule has 2 aromatic carbocycles. The van der Waals surface area contributed by atoms with Gasteiger partial charge in [0.1, 0.15) is 11.8 Å². The molecular weight excluding hydrogens is 484 g/mol. The molecule has 0 fully saturated rings. The van der Waals surface area contributed by atoms with Crippen LogP contribution in [0, 0.1) is 0 Å². The van der Waals surface area contributed by atoms with Crippen molar-refractivity contribution in [3.8, 4) is 5.75 Å². The van der Waals surface area contributed by atoms with E-state index in [-0.39, 0.29) is 17.1 Å². The first-order valence-corrected chi connectivity index (χ1v) is 12.2. The van der Waals surface area contributed by atoms with Crippen molar-refractivity contribution in [2.45, 2.75) is 23.6 Å². The zero-order chi connectivity index (χ0) is 24.3. The van der Waals surface area contributed by atoms with Gasteiger partial charge in [-0.3, -0.25) is 15.3 Å². The maximum absolute atomic E-state index is 13.5. The molecule has 178 valence electrons. The number of fused-ring (bicyclic) bond motifs is 1. The first kappa shape index (κ1) is 23.6. The van der Waals surface area contributed by atoms with Gasteiger partial charge in [0.15, 0.2) is 6.10 Å². The minimum Gasteiger partial charge on any atom is -0.497 e. The first-order valence-electron chi connectivity index (χ1n) is 9.90. The largest absolute Gasteiger partial charge is 0.497 e. The lowest BCUT2D eigenvalue weighted by molar-refractivity contribution is -0.137. The van der Waals surface area contributed by atoms with E-state index in [1.807, 2.05) is 0 Å². The molecule has 3 N–H and O–H groups in total. The number of carbonyl (C=O) groups excluding carboxylic acids is 2. The number of anilines is 1. The van der Waals surface area contributed by atoms with Gasteiger partial charge in [-0.1, -0.05) is 18.2 Å². The Bertz CT molecular complexity index is 1280. The fourth-order valence-corrected chi connectivity index (χ4v) is 5.96. The highest BCUT2D eigenvalue weighted by Crippen LogP contribution is 2.39. The lowest BCUT2D eigenvalue weighted by atomic mass is 10.0. The second kappa shape index (κ2) is 9.77. The maximum Gasteiger partial charge on any atom is 0.412 e. The van der Waals surface area contributed by atoms with Crippen molar-refractivity contribution >= 4 is 39.0 Å². The summed E-state index contributed by atoms with van der Waals surface area (Å²) in [5.41, 5.74) is 3.62. The van der Waals surface area contributed by atoms with Crippen molar-refractivity contribution in [2.24, 2.45) is 0 Å². The highest BCUT2D eigenvalue weighted by atomic mass is 32.2. The van der Waals surface area contributed by atoms with E-state index >= 15 is 0 Å². The first-order chi connectivity index (χ1) is 16.3. The van der Waals surface area contributed by atoms with Gasteiger partial charge >= 0.3 is 6.09 Å². The third-order valence-corrected chi connectivity index (χ3v) is 7.81. The van der Waals surface area contributed by atoms with Gasteiger partial charge in [-0.25, -0.2) is 23.7 Å². The number of aromatic nitrogens is 1. The van der Waals surface area contributed by atoms with E-state index in [9.17, 15) is 23.2 Å². The number of carbonyl (C=O) groups is 2. The molecule has 0 bridgehead atoms. The fourth-order valence-electron chi connectivity index (χ4n) is 3.53. The highest BCUT2D eigenvalue weighted by Gasteiger charge is 2.49. The van der Waals surface area contributed by atoms with Crippen LogP contribution in [0.5, 0.6) is 5.75 Å². The molecule has 0 aliphatic carbocycles. The molecule has 0 saturated heterocycles. The van der Waals surface area contributed by atoms with Crippen molar-refractivity contribution < 1.29 is 32.7 Å². The molecule has 0 saturated carbocycles. The fraction of sp³-hybridized carbons (Fsp3) is 0.190. The Labute approximate surface area is 199 Å².